The third-order valence-corrected chi connectivity index (χ3v) is 8.24. The smallest absolute Gasteiger partial charge is 0.414 e. The molecule has 0 saturated carbocycles. The first-order valence-corrected chi connectivity index (χ1v) is 14.5. The molecule has 2 aromatic carbocycles. The summed E-state index contributed by atoms with van der Waals surface area (Å²) in [5.74, 6) is -0.776. The molecule has 1 atom stereocenters. The Morgan fingerprint density at radius 1 is 1.20 bits per heavy atom. The standard InChI is InChI=1S/C29H33FN4O4S2/c1-4-32(5-2)13-6-14-33-27(36)26(40-29(33)39)15-20-7-9-21(10-8-20)24-12-11-22(16-25(24)30)34-18-23(38-28(34)37)17-31-19(3)35/h7-12,15-16,23H,4-6,13-14,17-18H2,1-3H3,(H,31,35)/b26-15-/t23-/m0/s1. The van der Waals surface area contributed by atoms with Crippen LogP contribution in [-0.2, 0) is 14.3 Å². The third kappa shape index (κ3) is 7.07. The Morgan fingerprint density at radius 3 is 2.58 bits per heavy atom. The highest BCUT2D eigenvalue weighted by atomic mass is 32.2. The number of hydrogen-bond donors (Lipinski definition) is 1. The maximum absolute atomic E-state index is 15.1. The lowest BCUT2D eigenvalue weighted by molar-refractivity contribution is -0.122. The number of ether oxygens (including phenoxy) is 1. The van der Waals surface area contributed by atoms with Crippen LogP contribution in [0.4, 0.5) is 14.9 Å². The second kappa shape index (κ2) is 13.4. The van der Waals surface area contributed by atoms with Crippen molar-refractivity contribution in [3.8, 4) is 11.1 Å². The Hall–Kier alpha value is -3.28. The molecule has 0 spiro atoms. The van der Waals surface area contributed by atoms with E-state index in [4.69, 9.17) is 17.0 Å². The van der Waals surface area contributed by atoms with Crippen LogP contribution >= 0.6 is 24.0 Å². The lowest BCUT2D eigenvalue weighted by Crippen LogP contribution is -2.33. The van der Waals surface area contributed by atoms with Gasteiger partial charge in [-0.15, -0.1) is 0 Å². The first-order valence-electron chi connectivity index (χ1n) is 13.3. The monoisotopic (exact) mass is 584 g/mol. The third-order valence-electron chi connectivity index (χ3n) is 6.86. The second-order valence-corrected chi connectivity index (χ2v) is 11.2. The summed E-state index contributed by atoms with van der Waals surface area (Å²) >= 11 is 6.76. The molecule has 0 bridgehead atoms. The average Bonchev–Trinajstić information content (AvgIpc) is 3.44. The van der Waals surface area contributed by atoms with Gasteiger partial charge in [-0.05, 0) is 61.5 Å². The molecule has 2 aliphatic rings. The van der Waals surface area contributed by atoms with Gasteiger partial charge < -0.3 is 15.0 Å². The van der Waals surface area contributed by atoms with Crippen LogP contribution in [-0.4, -0.2) is 77.4 Å². The number of anilines is 1. The van der Waals surface area contributed by atoms with E-state index in [0.717, 1.165) is 31.6 Å². The van der Waals surface area contributed by atoms with Gasteiger partial charge in [-0.2, -0.15) is 0 Å². The molecule has 2 heterocycles. The molecule has 3 amide bonds. The van der Waals surface area contributed by atoms with E-state index >= 15 is 4.39 Å². The zero-order chi connectivity index (χ0) is 28.8. The van der Waals surface area contributed by atoms with Gasteiger partial charge in [0.1, 0.15) is 16.2 Å². The quantitative estimate of drug-likeness (QED) is 0.298. The fourth-order valence-electron chi connectivity index (χ4n) is 4.60. The molecule has 11 heteroatoms. The molecular formula is C29H33FN4O4S2. The summed E-state index contributed by atoms with van der Waals surface area (Å²) in [4.78, 5) is 42.3. The molecule has 2 aliphatic heterocycles. The molecule has 0 aromatic heterocycles. The van der Waals surface area contributed by atoms with E-state index in [2.05, 4.69) is 24.1 Å². The van der Waals surface area contributed by atoms with E-state index in [9.17, 15) is 14.4 Å². The first kappa shape index (κ1) is 29.7. The number of halogens is 1. The van der Waals surface area contributed by atoms with Crippen molar-refractivity contribution < 1.29 is 23.5 Å². The minimum atomic E-state index is -0.582. The fourth-order valence-corrected chi connectivity index (χ4v) is 5.91. The molecule has 4 rings (SSSR count). The fraction of sp³-hybridized carbons (Fsp3) is 0.379. The Labute approximate surface area is 243 Å². The number of carbonyl (C=O) groups excluding carboxylic acids is 3. The van der Waals surface area contributed by atoms with Crippen molar-refractivity contribution in [3.05, 3.63) is 58.8 Å². The summed E-state index contributed by atoms with van der Waals surface area (Å²) in [5, 5.41) is 2.62. The van der Waals surface area contributed by atoms with Gasteiger partial charge in [-0.3, -0.25) is 19.4 Å². The highest BCUT2D eigenvalue weighted by Gasteiger charge is 2.33. The molecule has 212 valence electrons. The summed E-state index contributed by atoms with van der Waals surface area (Å²) in [6, 6.07) is 11.8. The highest BCUT2D eigenvalue weighted by molar-refractivity contribution is 8.26. The van der Waals surface area contributed by atoms with Crippen LogP contribution in [0.5, 0.6) is 0 Å². The maximum Gasteiger partial charge on any atom is 0.414 e. The number of hydrogen-bond acceptors (Lipinski definition) is 7. The Morgan fingerprint density at radius 2 is 1.93 bits per heavy atom. The van der Waals surface area contributed by atoms with Crippen LogP contribution in [0.2, 0.25) is 0 Å². The average molecular weight is 585 g/mol. The van der Waals surface area contributed by atoms with Crippen molar-refractivity contribution in [1.82, 2.24) is 15.1 Å². The van der Waals surface area contributed by atoms with Crippen molar-refractivity contribution in [2.24, 2.45) is 0 Å². The zero-order valence-corrected chi connectivity index (χ0v) is 24.4. The SMILES string of the molecule is CCN(CC)CCCN1C(=O)/C(=C/c2ccc(-c3ccc(N4C[C@H](CNC(C)=O)OC4=O)cc3F)cc2)SC1=S. The minimum Gasteiger partial charge on any atom is -0.442 e. The van der Waals surface area contributed by atoms with Crippen molar-refractivity contribution in [2.45, 2.75) is 33.3 Å². The molecule has 2 saturated heterocycles. The van der Waals surface area contributed by atoms with Crippen LogP contribution in [0, 0.1) is 5.82 Å². The van der Waals surface area contributed by atoms with E-state index < -0.39 is 18.0 Å². The number of rotatable bonds is 11. The lowest BCUT2D eigenvalue weighted by atomic mass is 10.0. The minimum absolute atomic E-state index is 0.0833. The summed E-state index contributed by atoms with van der Waals surface area (Å²) < 4.78 is 20.9. The summed E-state index contributed by atoms with van der Waals surface area (Å²) in [5.41, 5.74) is 2.25. The summed E-state index contributed by atoms with van der Waals surface area (Å²) in [7, 11) is 0. The van der Waals surface area contributed by atoms with Gasteiger partial charge in [0, 0.05) is 19.0 Å². The predicted octanol–water partition coefficient (Wildman–Crippen LogP) is 4.89. The number of amides is 3. The van der Waals surface area contributed by atoms with Gasteiger partial charge in [-0.1, -0.05) is 62.1 Å². The normalized spacial score (nSPS) is 18.3. The number of thioether (sulfide) groups is 1. The highest BCUT2D eigenvalue weighted by Crippen LogP contribution is 2.34. The number of nitrogens with one attached hydrogen (secondary N) is 1. The van der Waals surface area contributed by atoms with Gasteiger partial charge in [0.15, 0.2) is 0 Å². The zero-order valence-electron chi connectivity index (χ0n) is 22.8. The molecule has 2 fully saturated rings. The van der Waals surface area contributed by atoms with E-state index in [1.165, 1.54) is 29.7 Å². The number of nitrogens with zero attached hydrogens (tertiary/aromatic N) is 3. The van der Waals surface area contributed by atoms with Gasteiger partial charge in [0.25, 0.3) is 5.91 Å². The van der Waals surface area contributed by atoms with Crippen LogP contribution in [0.1, 0.15) is 32.8 Å². The van der Waals surface area contributed by atoms with Crippen molar-refractivity contribution in [1.29, 1.82) is 0 Å². The molecular weight excluding hydrogens is 551 g/mol. The van der Waals surface area contributed by atoms with E-state index in [1.807, 2.05) is 18.2 Å². The number of cyclic esters (lactones) is 1. The number of benzene rings is 2. The van der Waals surface area contributed by atoms with E-state index in [0.29, 0.717) is 32.6 Å². The predicted molar refractivity (Wildman–Crippen MR) is 160 cm³/mol. The molecule has 40 heavy (non-hydrogen) atoms. The van der Waals surface area contributed by atoms with Gasteiger partial charge in [-0.25, -0.2) is 9.18 Å². The molecule has 0 radical (unpaired) electrons. The first-order chi connectivity index (χ1) is 19.2. The summed E-state index contributed by atoms with van der Waals surface area (Å²) in [6.45, 7) is 9.53. The Bertz CT molecular complexity index is 1310. The van der Waals surface area contributed by atoms with E-state index in [-0.39, 0.29) is 24.9 Å². The molecule has 2 aromatic rings. The maximum atomic E-state index is 15.1. The second-order valence-electron chi connectivity index (χ2n) is 9.55. The van der Waals surface area contributed by atoms with Gasteiger partial charge in [0.2, 0.25) is 5.91 Å². The molecule has 0 unspecified atom stereocenters. The van der Waals surface area contributed by atoms with Crippen LogP contribution in [0.25, 0.3) is 17.2 Å². The van der Waals surface area contributed by atoms with E-state index in [1.54, 1.807) is 29.2 Å². The summed E-state index contributed by atoms with van der Waals surface area (Å²) in [6.07, 6.45) is 1.58. The topological polar surface area (TPSA) is 82.2 Å². The molecule has 8 nitrogen and oxygen atoms in total. The Balaban J connectivity index is 1.40. The number of thiocarbonyl (C=S) groups is 1. The van der Waals surface area contributed by atoms with Crippen LogP contribution < -0.4 is 10.2 Å². The molecule has 0 aliphatic carbocycles. The molecule has 1 N–H and O–H groups in total. The lowest BCUT2D eigenvalue weighted by Gasteiger charge is -2.20. The van der Waals surface area contributed by atoms with Crippen molar-refractivity contribution in [3.63, 3.8) is 0 Å². The Kier molecular flexibility index (Phi) is 9.94. The van der Waals surface area contributed by atoms with Crippen molar-refractivity contribution in [2.75, 3.05) is 44.2 Å². The van der Waals surface area contributed by atoms with Gasteiger partial charge >= 0.3 is 6.09 Å². The van der Waals surface area contributed by atoms with Gasteiger partial charge in [0.05, 0.1) is 23.7 Å². The number of carbonyl (C=O) groups is 3. The largest absolute Gasteiger partial charge is 0.442 e. The van der Waals surface area contributed by atoms with Crippen molar-refractivity contribution >= 4 is 58.0 Å². The van der Waals surface area contributed by atoms with Crippen LogP contribution in [0.15, 0.2) is 47.4 Å². The van der Waals surface area contributed by atoms with Crippen LogP contribution in [0.3, 0.4) is 0 Å².